The van der Waals surface area contributed by atoms with E-state index in [0.717, 1.165) is 11.3 Å². The lowest BCUT2D eigenvalue weighted by Gasteiger charge is -2.10. The van der Waals surface area contributed by atoms with E-state index in [9.17, 15) is 22.8 Å². The van der Waals surface area contributed by atoms with Crippen molar-refractivity contribution in [2.75, 3.05) is 11.9 Å². The maximum atomic E-state index is 12.7. The fourth-order valence-corrected chi connectivity index (χ4v) is 3.05. The third-order valence-electron chi connectivity index (χ3n) is 4.56. The van der Waals surface area contributed by atoms with Crippen molar-refractivity contribution in [3.05, 3.63) is 83.2 Å². The van der Waals surface area contributed by atoms with Crippen molar-refractivity contribution in [2.24, 2.45) is 0 Å². The molecule has 0 spiro atoms. The molecule has 3 aromatic rings. The van der Waals surface area contributed by atoms with Gasteiger partial charge in [0, 0.05) is 11.3 Å². The molecule has 1 aromatic heterocycles. The van der Waals surface area contributed by atoms with Gasteiger partial charge in [-0.25, -0.2) is 0 Å². The first kappa shape index (κ1) is 22.1. The first-order valence-electron chi connectivity index (χ1n) is 9.62. The number of carbonyl (C=O) groups excluding carboxylic acids is 2. The number of alkyl halides is 3. The third-order valence-corrected chi connectivity index (χ3v) is 4.56. The largest absolute Gasteiger partial charge is 0.405 e. The number of carbonyl (C=O) groups is 2. The number of amides is 2. The van der Waals surface area contributed by atoms with Crippen LogP contribution in [0.25, 0.3) is 0 Å². The molecule has 2 N–H and O–H groups in total. The second-order valence-electron chi connectivity index (χ2n) is 6.83. The van der Waals surface area contributed by atoms with Gasteiger partial charge in [-0.3, -0.25) is 14.3 Å². The highest BCUT2D eigenvalue weighted by Crippen LogP contribution is 2.17. The predicted octanol–water partition coefficient (Wildman–Crippen LogP) is 4.04. The molecule has 3 rings (SSSR count). The van der Waals surface area contributed by atoms with Gasteiger partial charge in [-0.15, -0.1) is 0 Å². The van der Waals surface area contributed by atoms with Crippen LogP contribution in [-0.4, -0.2) is 34.3 Å². The third kappa shape index (κ3) is 5.94. The summed E-state index contributed by atoms with van der Waals surface area (Å²) in [6.07, 6.45) is -2.37. The molecule has 0 bridgehead atoms. The van der Waals surface area contributed by atoms with Gasteiger partial charge in [0.05, 0.1) is 24.0 Å². The van der Waals surface area contributed by atoms with Crippen LogP contribution in [0, 0.1) is 0 Å². The van der Waals surface area contributed by atoms with Crippen LogP contribution in [0.3, 0.4) is 0 Å². The van der Waals surface area contributed by atoms with E-state index in [1.54, 1.807) is 10.00 Å². The van der Waals surface area contributed by atoms with Gasteiger partial charge in [-0.05, 0) is 36.2 Å². The summed E-state index contributed by atoms with van der Waals surface area (Å²) >= 11 is 0. The zero-order chi connectivity index (χ0) is 22.4. The number of hydrogen-bond acceptors (Lipinski definition) is 3. The maximum absolute atomic E-state index is 12.7. The summed E-state index contributed by atoms with van der Waals surface area (Å²) in [6.45, 7) is 1.07. The molecular weight excluding hydrogens is 409 g/mol. The van der Waals surface area contributed by atoms with Gasteiger partial charge in [0.1, 0.15) is 6.54 Å². The second-order valence-corrected chi connectivity index (χ2v) is 6.83. The van der Waals surface area contributed by atoms with E-state index in [1.807, 2.05) is 37.3 Å². The summed E-state index contributed by atoms with van der Waals surface area (Å²) in [7, 11) is 0. The van der Waals surface area contributed by atoms with E-state index in [4.69, 9.17) is 0 Å². The molecule has 9 heteroatoms. The molecule has 0 fully saturated rings. The molecule has 2 aromatic carbocycles. The molecule has 162 valence electrons. The number of anilines is 1. The van der Waals surface area contributed by atoms with E-state index in [2.05, 4.69) is 10.4 Å². The zero-order valence-electron chi connectivity index (χ0n) is 16.7. The van der Waals surface area contributed by atoms with Crippen molar-refractivity contribution in [3.8, 4) is 0 Å². The van der Waals surface area contributed by atoms with Crippen molar-refractivity contribution >= 4 is 17.5 Å². The molecule has 6 nitrogen and oxygen atoms in total. The fourth-order valence-electron chi connectivity index (χ4n) is 3.05. The van der Waals surface area contributed by atoms with Gasteiger partial charge >= 0.3 is 6.18 Å². The Kier molecular flexibility index (Phi) is 6.74. The highest BCUT2D eigenvalue weighted by molar-refractivity contribution is 6.05. The van der Waals surface area contributed by atoms with Gasteiger partial charge in [0.25, 0.3) is 11.8 Å². The van der Waals surface area contributed by atoms with Crippen LogP contribution >= 0.6 is 0 Å². The van der Waals surface area contributed by atoms with Crippen molar-refractivity contribution in [3.63, 3.8) is 0 Å². The average Bonchev–Trinajstić information content (AvgIpc) is 3.15. The zero-order valence-corrected chi connectivity index (χ0v) is 16.7. The first-order chi connectivity index (χ1) is 14.8. The van der Waals surface area contributed by atoms with E-state index >= 15 is 0 Å². The van der Waals surface area contributed by atoms with Crippen LogP contribution in [0.5, 0.6) is 0 Å². The van der Waals surface area contributed by atoms with Gasteiger partial charge in [-0.2, -0.15) is 18.3 Å². The molecule has 0 radical (unpaired) electrons. The normalized spacial score (nSPS) is 11.2. The van der Waals surface area contributed by atoms with Crippen molar-refractivity contribution in [2.45, 2.75) is 26.1 Å². The molecule has 1 heterocycles. The molecule has 0 atom stereocenters. The number of benzene rings is 2. The Morgan fingerprint density at radius 3 is 2.29 bits per heavy atom. The molecule has 0 saturated carbocycles. The maximum Gasteiger partial charge on any atom is 0.405 e. The first-order valence-corrected chi connectivity index (χ1v) is 9.62. The number of rotatable bonds is 7. The highest BCUT2D eigenvalue weighted by Gasteiger charge is 2.27. The van der Waals surface area contributed by atoms with Crippen LogP contribution in [0.15, 0.2) is 60.8 Å². The van der Waals surface area contributed by atoms with E-state index in [0.29, 0.717) is 24.2 Å². The summed E-state index contributed by atoms with van der Waals surface area (Å²) in [5.74, 6) is -1.20. The number of aromatic nitrogens is 2. The van der Waals surface area contributed by atoms with Crippen molar-refractivity contribution in [1.29, 1.82) is 0 Å². The Hall–Kier alpha value is -3.62. The number of nitrogens with zero attached hydrogens (tertiary/aromatic N) is 2. The smallest absolute Gasteiger partial charge is 0.343 e. The van der Waals surface area contributed by atoms with Crippen LogP contribution in [-0.2, 0) is 13.0 Å². The van der Waals surface area contributed by atoms with E-state index < -0.39 is 18.6 Å². The minimum atomic E-state index is -4.48. The Morgan fingerprint density at radius 1 is 1.00 bits per heavy atom. The van der Waals surface area contributed by atoms with Crippen molar-refractivity contribution < 1.29 is 22.8 Å². The van der Waals surface area contributed by atoms with Gasteiger partial charge in [-0.1, -0.05) is 37.3 Å². The molecule has 0 aliphatic heterocycles. The predicted molar refractivity (Wildman–Crippen MR) is 110 cm³/mol. The molecule has 0 aliphatic rings. The monoisotopic (exact) mass is 430 g/mol. The van der Waals surface area contributed by atoms with Gasteiger partial charge in [0.2, 0.25) is 0 Å². The van der Waals surface area contributed by atoms with Gasteiger partial charge < -0.3 is 10.6 Å². The lowest BCUT2D eigenvalue weighted by atomic mass is 10.1. The van der Waals surface area contributed by atoms with Crippen molar-refractivity contribution in [1.82, 2.24) is 15.1 Å². The Morgan fingerprint density at radius 2 is 1.68 bits per heavy atom. The molecule has 0 unspecified atom stereocenters. The lowest BCUT2D eigenvalue weighted by Crippen LogP contribution is -2.33. The topological polar surface area (TPSA) is 76.0 Å². The second kappa shape index (κ2) is 9.46. The molecule has 2 amide bonds. The summed E-state index contributed by atoms with van der Waals surface area (Å²) in [5.41, 5.74) is 2.75. The molecule has 0 aliphatic carbocycles. The van der Waals surface area contributed by atoms with Gasteiger partial charge in [0.15, 0.2) is 0 Å². The molecular formula is C22H21F3N4O2. The lowest BCUT2D eigenvalue weighted by molar-refractivity contribution is -0.123. The minimum absolute atomic E-state index is 0.0622. The standard InChI is InChI=1S/C22H21F3N4O2/c1-2-19-18(12-27-29(19)13-15-6-4-3-5-7-15)21(31)28-17-10-8-16(9-11-17)20(30)26-14-22(23,24)25/h3-12H,2,13-14H2,1H3,(H,26,30)(H,28,31). The summed E-state index contributed by atoms with van der Waals surface area (Å²) in [4.78, 5) is 24.5. The average molecular weight is 430 g/mol. The SMILES string of the molecule is CCc1c(C(=O)Nc2ccc(C(=O)NCC(F)(F)F)cc2)cnn1Cc1ccccc1. The fraction of sp³-hybridized carbons (Fsp3) is 0.227. The van der Waals surface area contributed by atoms with Crippen LogP contribution in [0.4, 0.5) is 18.9 Å². The van der Waals surface area contributed by atoms with Crippen LogP contribution < -0.4 is 10.6 Å². The summed E-state index contributed by atoms with van der Waals surface area (Å²) < 4.78 is 38.4. The minimum Gasteiger partial charge on any atom is -0.343 e. The Bertz CT molecular complexity index is 1040. The number of hydrogen-bond donors (Lipinski definition) is 2. The number of halogens is 3. The Labute approximate surface area is 177 Å². The van der Waals surface area contributed by atoms with E-state index in [1.165, 1.54) is 30.5 Å². The number of nitrogens with one attached hydrogen (secondary N) is 2. The molecule has 0 saturated heterocycles. The quantitative estimate of drug-likeness (QED) is 0.594. The van der Waals surface area contributed by atoms with E-state index in [-0.39, 0.29) is 11.5 Å². The van der Waals surface area contributed by atoms with Crippen LogP contribution in [0.1, 0.15) is 38.9 Å². The summed E-state index contributed by atoms with van der Waals surface area (Å²) in [5, 5.41) is 8.86. The molecule has 31 heavy (non-hydrogen) atoms. The highest BCUT2D eigenvalue weighted by atomic mass is 19.4. The summed E-state index contributed by atoms with van der Waals surface area (Å²) in [6, 6.07) is 15.4. The van der Waals surface area contributed by atoms with Crippen LogP contribution in [0.2, 0.25) is 0 Å². The Balaban J connectivity index is 1.67.